The van der Waals surface area contributed by atoms with Gasteiger partial charge in [-0.15, -0.1) is 0 Å². The molecule has 6 rings (SSSR count). The van der Waals surface area contributed by atoms with Crippen LogP contribution in [0.15, 0.2) is 85.2 Å². The first-order valence-electron chi connectivity index (χ1n) is 10.6. The van der Waals surface area contributed by atoms with Gasteiger partial charge in [0.2, 0.25) is 0 Å². The summed E-state index contributed by atoms with van der Waals surface area (Å²) in [6.07, 6.45) is 5.93. The molecule has 0 amide bonds. The third-order valence-corrected chi connectivity index (χ3v) is 6.48. The van der Waals surface area contributed by atoms with E-state index in [0.29, 0.717) is 6.54 Å². The van der Waals surface area contributed by atoms with Crippen LogP contribution in [0.5, 0.6) is 0 Å². The maximum atomic E-state index is 13.3. The highest BCUT2D eigenvalue weighted by molar-refractivity contribution is 5.82. The molecule has 5 aromatic rings. The Bertz CT molecular complexity index is 1400. The molecule has 4 nitrogen and oxygen atoms in total. The first-order valence-corrected chi connectivity index (χ1v) is 10.6. The Kier molecular flexibility index (Phi) is 4.02. The molecule has 1 atom stereocenters. The lowest BCUT2D eigenvalue weighted by atomic mass is 9.88. The predicted molar refractivity (Wildman–Crippen MR) is 120 cm³/mol. The molecule has 1 fully saturated rings. The van der Waals surface area contributed by atoms with Gasteiger partial charge in [0, 0.05) is 17.1 Å². The van der Waals surface area contributed by atoms with Gasteiger partial charge in [-0.05, 0) is 78.2 Å². The minimum atomic E-state index is -0.937. The second-order valence-corrected chi connectivity index (χ2v) is 8.51. The second kappa shape index (κ2) is 6.79. The van der Waals surface area contributed by atoms with E-state index in [-0.39, 0.29) is 11.7 Å². The van der Waals surface area contributed by atoms with Gasteiger partial charge in [0.15, 0.2) is 0 Å². The van der Waals surface area contributed by atoms with Gasteiger partial charge in [-0.25, -0.2) is 9.07 Å². The lowest BCUT2D eigenvalue weighted by Crippen LogP contribution is -2.33. The molecule has 5 heteroatoms. The molecule has 3 aromatic carbocycles. The van der Waals surface area contributed by atoms with E-state index < -0.39 is 5.60 Å². The van der Waals surface area contributed by atoms with Crippen molar-refractivity contribution in [1.29, 1.82) is 0 Å². The van der Waals surface area contributed by atoms with Gasteiger partial charge in [-0.1, -0.05) is 24.3 Å². The predicted octanol–water partition coefficient (Wildman–Crippen LogP) is 5.42. The van der Waals surface area contributed by atoms with Crippen LogP contribution in [0.2, 0.25) is 0 Å². The number of halogens is 1. The lowest BCUT2D eigenvalue weighted by molar-refractivity contribution is -0.00329. The van der Waals surface area contributed by atoms with Crippen molar-refractivity contribution in [3.05, 3.63) is 96.6 Å². The van der Waals surface area contributed by atoms with E-state index in [2.05, 4.69) is 34.1 Å². The molecule has 0 saturated heterocycles. The van der Waals surface area contributed by atoms with Crippen LogP contribution in [-0.2, 0) is 12.1 Å². The molecular weight excluding hydrogens is 389 g/mol. The summed E-state index contributed by atoms with van der Waals surface area (Å²) in [7, 11) is 0. The zero-order chi connectivity index (χ0) is 21.0. The van der Waals surface area contributed by atoms with Crippen LogP contribution < -0.4 is 0 Å². The third kappa shape index (κ3) is 3.04. The number of aromatic nitrogens is 3. The van der Waals surface area contributed by atoms with Crippen molar-refractivity contribution in [3.8, 4) is 5.69 Å². The number of hydrogen-bond acceptors (Lipinski definition) is 2. The third-order valence-electron chi connectivity index (χ3n) is 6.48. The number of fused-ring (bicyclic) bond motifs is 2. The fraction of sp³-hybridized carbons (Fsp3) is 0.192. The number of nitrogens with zero attached hydrogens (tertiary/aromatic N) is 3. The van der Waals surface area contributed by atoms with Crippen molar-refractivity contribution in [2.24, 2.45) is 5.92 Å². The first-order chi connectivity index (χ1) is 15.1. The summed E-state index contributed by atoms with van der Waals surface area (Å²) < 4.78 is 17.3. The molecule has 0 aliphatic heterocycles. The maximum Gasteiger partial charge on any atom is 0.123 e. The van der Waals surface area contributed by atoms with E-state index in [1.807, 2.05) is 30.3 Å². The number of benzene rings is 3. The summed E-state index contributed by atoms with van der Waals surface area (Å²) in [4.78, 5) is 0. The molecule has 1 saturated carbocycles. The van der Waals surface area contributed by atoms with E-state index in [1.54, 1.807) is 23.0 Å². The van der Waals surface area contributed by atoms with Crippen molar-refractivity contribution in [1.82, 2.24) is 14.3 Å². The summed E-state index contributed by atoms with van der Waals surface area (Å²) in [5.41, 5.74) is 2.85. The minimum Gasteiger partial charge on any atom is -0.383 e. The summed E-state index contributed by atoms with van der Waals surface area (Å²) in [5, 5.41) is 18.5. The average molecular weight is 411 g/mol. The van der Waals surface area contributed by atoms with Crippen LogP contribution in [0.25, 0.3) is 27.5 Å². The molecule has 1 aliphatic carbocycles. The molecule has 1 N–H and O–H groups in total. The van der Waals surface area contributed by atoms with Gasteiger partial charge in [0.1, 0.15) is 11.4 Å². The lowest BCUT2D eigenvalue weighted by Gasteiger charge is -2.30. The van der Waals surface area contributed by atoms with E-state index in [4.69, 9.17) is 0 Å². The monoisotopic (exact) mass is 411 g/mol. The number of hydrogen-bond donors (Lipinski definition) is 1. The van der Waals surface area contributed by atoms with Gasteiger partial charge in [-0.3, -0.25) is 0 Å². The Hall–Kier alpha value is -3.44. The molecule has 0 spiro atoms. The van der Waals surface area contributed by atoms with Gasteiger partial charge in [-0.2, -0.15) is 5.10 Å². The van der Waals surface area contributed by atoms with Crippen LogP contribution >= 0.6 is 0 Å². The summed E-state index contributed by atoms with van der Waals surface area (Å²) in [6.45, 7) is 0.517. The van der Waals surface area contributed by atoms with Crippen LogP contribution in [-0.4, -0.2) is 19.5 Å². The summed E-state index contributed by atoms with van der Waals surface area (Å²) in [6, 6.07) is 22.7. The van der Waals surface area contributed by atoms with E-state index in [9.17, 15) is 9.50 Å². The maximum absolute atomic E-state index is 13.3. The van der Waals surface area contributed by atoms with Gasteiger partial charge in [0.05, 0.1) is 23.9 Å². The van der Waals surface area contributed by atoms with Crippen LogP contribution in [0.3, 0.4) is 0 Å². The Labute approximate surface area is 179 Å². The molecule has 2 aromatic heterocycles. The van der Waals surface area contributed by atoms with Crippen LogP contribution in [0, 0.1) is 11.7 Å². The first kappa shape index (κ1) is 18.3. The highest BCUT2D eigenvalue weighted by Gasteiger charge is 2.45. The van der Waals surface area contributed by atoms with E-state index in [0.717, 1.165) is 40.5 Å². The van der Waals surface area contributed by atoms with Crippen molar-refractivity contribution in [2.75, 3.05) is 0 Å². The Balaban J connectivity index is 1.41. The van der Waals surface area contributed by atoms with Crippen LogP contribution in [0.1, 0.15) is 18.4 Å². The second-order valence-electron chi connectivity index (χ2n) is 8.51. The van der Waals surface area contributed by atoms with Crippen molar-refractivity contribution in [2.45, 2.75) is 25.0 Å². The number of rotatable bonds is 5. The fourth-order valence-corrected chi connectivity index (χ4v) is 4.65. The van der Waals surface area contributed by atoms with E-state index in [1.165, 1.54) is 17.5 Å². The topological polar surface area (TPSA) is 43.0 Å². The molecular formula is C26H22FN3O. The van der Waals surface area contributed by atoms with Crippen molar-refractivity contribution < 1.29 is 9.50 Å². The molecule has 0 bridgehead atoms. The molecule has 1 unspecified atom stereocenters. The highest BCUT2D eigenvalue weighted by atomic mass is 19.1. The van der Waals surface area contributed by atoms with Gasteiger partial charge in [0.25, 0.3) is 0 Å². The van der Waals surface area contributed by atoms with E-state index >= 15 is 0 Å². The van der Waals surface area contributed by atoms with Gasteiger partial charge < -0.3 is 9.67 Å². The normalized spacial score (nSPS) is 16.1. The number of para-hydroxylation sites is 1. The van der Waals surface area contributed by atoms with Crippen molar-refractivity contribution in [3.63, 3.8) is 0 Å². The molecule has 154 valence electrons. The summed E-state index contributed by atoms with van der Waals surface area (Å²) >= 11 is 0. The minimum absolute atomic E-state index is 0.248. The van der Waals surface area contributed by atoms with Gasteiger partial charge >= 0.3 is 0 Å². The Morgan fingerprint density at radius 3 is 2.55 bits per heavy atom. The molecule has 1 aliphatic rings. The Morgan fingerprint density at radius 2 is 1.74 bits per heavy atom. The molecule has 31 heavy (non-hydrogen) atoms. The standard InChI is InChI=1S/C26H22FN3O/c27-22-8-10-23(11-9-22)30-25-12-7-21(15-19(25)16-28-30)26(31,20-5-6-20)17-29-14-13-18-3-1-2-4-24(18)29/h1-4,7-16,20,31H,5-6,17H2. The number of aliphatic hydroxyl groups is 1. The zero-order valence-corrected chi connectivity index (χ0v) is 16.9. The Morgan fingerprint density at radius 1 is 0.935 bits per heavy atom. The van der Waals surface area contributed by atoms with Crippen molar-refractivity contribution >= 4 is 21.8 Å². The molecule has 0 radical (unpaired) electrons. The quantitative estimate of drug-likeness (QED) is 0.420. The smallest absolute Gasteiger partial charge is 0.123 e. The summed E-state index contributed by atoms with van der Waals surface area (Å²) in [5.74, 6) is -0.0206. The van der Waals surface area contributed by atoms with Crippen LogP contribution in [0.4, 0.5) is 4.39 Å². The zero-order valence-electron chi connectivity index (χ0n) is 16.9. The average Bonchev–Trinajstić information content (AvgIpc) is 3.47. The SMILES string of the molecule is OC(Cn1ccc2ccccc21)(c1ccc2c(cnn2-c2ccc(F)cc2)c1)C1CC1. The fourth-order valence-electron chi connectivity index (χ4n) is 4.65. The largest absolute Gasteiger partial charge is 0.383 e. The molecule has 2 heterocycles. The highest BCUT2D eigenvalue weighted by Crippen LogP contribution is 2.47.